The van der Waals surface area contributed by atoms with E-state index in [0.717, 1.165) is 27.9 Å². The number of morpholine rings is 1. The first-order valence-corrected chi connectivity index (χ1v) is 13.0. The van der Waals surface area contributed by atoms with Crippen molar-refractivity contribution in [3.8, 4) is 11.3 Å². The third kappa shape index (κ3) is 5.74. The van der Waals surface area contributed by atoms with E-state index in [4.69, 9.17) is 14.3 Å². The number of nitrogens with zero attached hydrogens (tertiary/aromatic N) is 2. The van der Waals surface area contributed by atoms with Crippen molar-refractivity contribution in [2.75, 3.05) is 43.1 Å². The number of ether oxygens (including phenoxy) is 1. The van der Waals surface area contributed by atoms with Gasteiger partial charge < -0.3 is 24.5 Å². The summed E-state index contributed by atoms with van der Waals surface area (Å²) >= 11 is 0.735. The third-order valence-corrected chi connectivity index (χ3v) is 7.25. The lowest BCUT2D eigenvalue weighted by atomic mass is 10.0. The number of aryl methyl sites for hydroxylation is 1. The van der Waals surface area contributed by atoms with E-state index in [1.807, 2.05) is 18.2 Å². The second kappa shape index (κ2) is 11.2. The molecule has 2 aliphatic rings. The van der Waals surface area contributed by atoms with Crippen LogP contribution in [-0.4, -0.2) is 65.9 Å². The number of thioether (sulfide) groups is 1. The molecule has 0 radical (unpaired) electrons. The van der Waals surface area contributed by atoms with E-state index in [0.29, 0.717) is 49.1 Å². The monoisotopic (exact) mass is 547 g/mol. The lowest BCUT2D eigenvalue weighted by Gasteiger charge is -2.30. The number of aromatic carboxylic acids is 1. The highest BCUT2D eigenvalue weighted by atomic mass is 32.2. The number of carbonyl (C=O) groups excluding carboxylic acids is 3. The average Bonchev–Trinajstić information content (AvgIpc) is 3.49. The summed E-state index contributed by atoms with van der Waals surface area (Å²) in [5, 5.41) is 11.4. The van der Waals surface area contributed by atoms with Crippen molar-refractivity contribution in [3.63, 3.8) is 0 Å². The minimum atomic E-state index is -1.02. The SMILES string of the molecule is Cc1cc(C(=O)O)ccc1-c1ccc(/C=C2\SC(=O)N(CC(=O)Nc3ccccc3N3CCOCC3)C2=O)o1. The number of para-hydroxylation sites is 2. The van der Waals surface area contributed by atoms with Gasteiger partial charge in [0, 0.05) is 24.7 Å². The molecule has 0 spiro atoms. The molecule has 0 saturated carbocycles. The maximum Gasteiger partial charge on any atom is 0.335 e. The van der Waals surface area contributed by atoms with E-state index in [9.17, 15) is 19.2 Å². The summed E-state index contributed by atoms with van der Waals surface area (Å²) in [6.07, 6.45) is 1.46. The molecule has 200 valence electrons. The van der Waals surface area contributed by atoms with Crippen LogP contribution in [0.2, 0.25) is 0 Å². The molecule has 0 aliphatic carbocycles. The van der Waals surface area contributed by atoms with E-state index in [1.165, 1.54) is 12.1 Å². The molecule has 10 nitrogen and oxygen atoms in total. The number of hydrogen-bond donors (Lipinski definition) is 2. The van der Waals surface area contributed by atoms with E-state index in [2.05, 4.69) is 10.2 Å². The molecule has 0 atom stereocenters. The molecule has 2 aromatic carbocycles. The molecule has 3 amide bonds. The molecule has 5 rings (SSSR count). The minimum absolute atomic E-state index is 0.139. The Morgan fingerprint density at radius 3 is 2.59 bits per heavy atom. The number of carboxylic acids is 1. The molecule has 0 bridgehead atoms. The normalized spacial score (nSPS) is 16.7. The molecule has 3 heterocycles. The topological polar surface area (TPSA) is 129 Å². The molecule has 11 heteroatoms. The number of rotatable bonds is 7. The lowest BCUT2D eigenvalue weighted by molar-refractivity contribution is -0.127. The van der Waals surface area contributed by atoms with Crippen molar-refractivity contribution < 1.29 is 33.4 Å². The van der Waals surface area contributed by atoms with Crippen molar-refractivity contribution >= 4 is 52.2 Å². The van der Waals surface area contributed by atoms with Crippen molar-refractivity contribution in [1.29, 1.82) is 0 Å². The van der Waals surface area contributed by atoms with E-state index < -0.39 is 29.6 Å². The summed E-state index contributed by atoms with van der Waals surface area (Å²) in [6.45, 7) is 3.95. The summed E-state index contributed by atoms with van der Waals surface area (Å²) in [6, 6.07) is 15.4. The molecule has 1 aromatic heterocycles. The van der Waals surface area contributed by atoms with Gasteiger partial charge in [0.25, 0.3) is 11.1 Å². The molecule has 2 aliphatic heterocycles. The lowest BCUT2D eigenvalue weighted by Crippen LogP contribution is -2.38. The first-order chi connectivity index (χ1) is 18.8. The summed E-state index contributed by atoms with van der Waals surface area (Å²) in [4.78, 5) is 52.7. The van der Waals surface area contributed by atoms with Gasteiger partial charge in [-0.25, -0.2) is 4.79 Å². The van der Waals surface area contributed by atoms with Crippen LogP contribution < -0.4 is 10.2 Å². The number of carbonyl (C=O) groups is 4. The third-order valence-electron chi connectivity index (χ3n) is 6.34. The van der Waals surface area contributed by atoms with Gasteiger partial charge in [-0.2, -0.15) is 0 Å². The zero-order valence-electron chi connectivity index (χ0n) is 21.0. The Bertz CT molecular complexity index is 1490. The number of benzene rings is 2. The maximum atomic E-state index is 13.0. The van der Waals surface area contributed by atoms with E-state index >= 15 is 0 Å². The van der Waals surface area contributed by atoms with Crippen LogP contribution >= 0.6 is 11.8 Å². The zero-order valence-corrected chi connectivity index (χ0v) is 21.8. The van der Waals surface area contributed by atoms with Crippen molar-refractivity contribution in [1.82, 2.24) is 4.90 Å². The van der Waals surface area contributed by atoms with Crippen molar-refractivity contribution in [2.45, 2.75) is 6.92 Å². The molecule has 2 saturated heterocycles. The fourth-order valence-corrected chi connectivity index (χ4v) is 5.22. The Kier molecular flexibility index (Phi) is 7.53. The van der Waals surface area contributed by atoms with Crippen LogP contribution in [0.5, 0.6) is 0 Å². The number of carboxylic acid groups (broad SMARTS) is 1. The Balaban J connectivity index is 1.26. The second-order valence-electron chi connectivity index (χ2n) is 8.97. The highest BCUT2D eigenvalue weighted by molar-refractivity contribution is 8.18. The van der Waals surface area contributed by atoms with Crippen LogP contribution in [0.1, 0.15) is 21.7 Å². The Labute approximate surface area is 228 Å². The van der Waals surface area contributed by atoms with Gasteiger partial charge in [0.15, 0.2) is 0 Å². The van der Waals surface area contributed by atoms with Gasteiger partial charge in [0.1, 0.15) is 18.1 Å². The van der Waals surface area contributed by atoms with Crippen molar-refractivity contribution in [3.05, 3.63) is 76.4 Å². The van der Waals surface area contributed by atoms with Gasteiger partial charge in [-0.3, -0.25) is 19.3 Å². The molecule has 2 N–H and O–H groups in total. The molecule has 3 aromatic rings. The van der Waals surface area contributed by atoms with Crippen LogP contribution in [0.25, 0.3) is 17.4 Å². The van der Waals surface area contributed by atoms with Crippen LogP contribution in [0.15, 0.2) is 63.9 Å². The number of amides is 3. The highest BCUT2D eigenvalue weighted by Gasteiger charge is 2.36. The van der Waals surface area contributed by atoms with Gasteiger partial charge in [-0.15, -0.1) is 0 Å². The van der Waals surface area contributed by atoms with Crippen LogP contribution in [-0.2, 0) is 14.3 Å². The highest BCUT2D eigenvalue weighted by Crippen LogP contribution is 2.34. The average molecular weight is 548 g/mol. The van der Waals surface area contributed by atoms with Gasteiger partial charge in [-0.05, 0) is 60.6 Å². The molecule has 39 heavy (non-hydrogen) atoms. The smallest absolute Gasteiger partial charge is 0.335 e. The van der Waals surface area contributed by atoms with Gasteiger partial charge in [0.05, 0.1) is 35.1 Å². The van der Waals surface area contributed by atoms with Crippen molar-refractivity contribution in [2.24, 2.45) is 0 Å². The Morgan fingerprint density at radius 1 is 1.08 bits per heavy atom. The van der Waals surface area contributed by atoms with E-state index in [-0.39, 0.29) is 10.5 Å². The largest absolute Gasteiger partial charge is 0.478 e. The van der Waals surface area contributed by atoms with Crippen LogP contribution in [0.3, 0.4) is 0 Å². The summed E-state index contributed by atoms with van der Waals surface area (Å²) < 4.78 is 11.3. The molecular formula is C28H25N3O7S. The summed E-state index contributed by atoms with van der Waals surface area (Å²) in [5.41, 5.74) is 3.05. The fourth-order valence-electron chi connectivity index (χ4n) is 4.41. The fraction of sp³-hybridized carbons (Fsp3) is 0.214. The predicted molar refractivity (Wildman–Crippen MR) is 147 cm³/mol. The Hall–Kier alpha value is -4.35. The van der Waals surface area contributed by atoms with Crippen LogP contribution in [0, 0.1) is 6.92 Å². The zero-order chi connectivity index (χ0) is 27.5. The summed E-state index contributed by atoms with van der Waals surface area (Å²) in [7, 11) is 0. The number of nitrogens with one attached hydrogen (secondary N) is 1. The van der Waals surface area contributed by atoms with Crippen LogP contribution in [0.4, 0.5) is 16.2 Å². The molecule has 0 unspecified atom stereocenters. The second-order valence-corrected chi connectivity index (χ2v) is 9.96. The summed E-state index contributed by atoms with van der Waals surface area (Å²) in [5.74, 6) is -1.24. The number of anilines is 2. The number of imide groups is 1. The van der Waals surface area contributed by atoms with Gasteiger partial charge in [0.2, 0.25) is 5.91 Å². The minimum Gasteiger partial charge on any atom is -0.478 e. The number of furan rings is 1. The quantitative estimate of drug-likeness (QED) is 0.412. The van der Waals surface area contributed by atoms with Gasteiger partial charge in [-0.1, -0.05) is 18.2 Å². The molecular weight excluding hydrogens is 522 g/mol. The van der Waals surface area contributed by atoms with E-state index in [1.54, 1.807) is 37.3 Å². The first kappa shape index (κ1) is 26.3. The predicted octanol–water partition coefficient (Wildman–Crippen LogP) is 4.46. The molecule has 2 fully saturated rings. The van der Waals surface area contributed by atoms with Gasteiger partial charge >= 0.3 is 5.97 Å². The Morgan fingerprint density at radius 2 is 1.85 bits per heavy atom. The standard InChI is InChI=1S/C28H25N3O7S/c1-17-14-18(27(34)35)6-8-20(17)23-9-7-19(38-23)15-24-26(33)31(28(36)39-24)16-25(32)29-21-4-2-3-5-22(21)30-10-12-37-13-11-30/h2-9,14-15H,10-13,16H2,1H3,(H,29,32)(H,34,35)/b24-15-. The first-order valence-electron chi connectivity index (χ1n) is 12.2. The maximum absolute atomic E-state index is 13.0. The number of hydrogen-bond acceptors (Lipinski definition) is 8.